The summed E-state index contributed by atoms with van der Waals surface area (Å²) in [5.74, 6) is 0.919. The van der Waals surface area contributed by atoms with Gasteiger partial charge in [0.2, 0.25) is 0 Å². The summed E-state index contributed by atoms with van der Waals surface area (Å²) in [6, 6.07) is 6.35. The molecule has 0 amide bonds. The Kier molecular flexibility index (Phi) is 9.92. The van der Waals surface area contributed by atoms with Crippen LogP contribution in [0, 0.1) is 0 Å². The van der Waals surface area contributed by atoms with Gasteiger partial charge in [0.25, 0.3) is 0 Å². The van der Waals surface area contributed by atoms with E-state index in [0.717, 1.165) is 43.9 Å². The van der Waals surface area contributed by atoms with E-state index in [-0.39, 0.29) is 0 Å². The van der Waals surface area contributed by atoms with Crippen molar-refractivity contribution >= 4 is 0 Å². The van der Waals surface area contributed by atoms with Gasteiger partial charge in [-0.3, -0.25) is 0 Å². The molecular formula is C18H31NO2. The van der Waals surface area contributed by atoms with Crippen molar-refractivity contribution in [2.24, 2.45) is 0 Å². The second kappa shape index (κ2) is 11.6. The second-order valence-corrected chi connectivity index (χ2v) is 5.44. The number of benzene rings is 1. The first kappa shape index (κ1) is 18.0. The van der Waals surface area contributed by atoms with E-state index < -0.39 is 0 Å². The second-order valence-electron chi connectivity index (χ2n) is 5.44. The number of hydrogen-bond acceptors (Lipinski definition) is 3. The van der Waals surface area contributed by atoms with E-state index in [0.29, 0.717) is 6.61 Å². The first-order valence-electron chi connectivity index (χ1n) is 8.26. The Morgan fingerprint density at radius 1 is 1.05 bits per heavy atom. The Balaban J connectivity index is 2.43. The number of methoxy groups -OCH3 is 1. The number of hydrogen-bond donors (Lipinski definition) is 1. The molecule has 1 N–H and O–H groups in total. The number of ether oxygens (including phenoxy) is 2. The standard InChI is InChI=1S/C18H31NO2/c1-4-6-7-8-12-21-15-17-13-16(14-19-11-5-2)9-10-18(17)20-3/h9-10,13,19H,4-8,11-12,14-15H2,1-3H3. The highest BCUT2D eigenvalue weighted by Gasteiger charge is 2.05. The van der Waals surface area contributed by atoms with E-state index in [2.05, 4.69) is 31.3 Å². The topological polar surface area (TPSA) is 30.5 Å². The van der Waals surface area contributed by atoms with Crippen LogP contribution in [0.2, 0.25) is 0 Å². The van der Waals surface area contributed by atoms with Gasteiger partial charge in [-0.15, -0.1) is 0 Å². The van der Waals surface area contributed by atoms with Crippen molar-refractivity contribution in [2.75, 3.05) is 20.3 Å². The van der Waals surface area contributed by atoms with Crippen LogP contribution in [-0.2, 0) is 17.9 Å². The van der Waals surface area contributed by atoms with Crippen molar-refractivity contribution in [3.05, 3.63) is 29.3 Å². The van der Waals surface area contributed by atoms with Crippen LogP contribution in [0.25, 0.3) is 0 Å². The molecule has 120 valence electrons. The van der Waals surface area contributed by atoms with E-state index >= 15 is 0 Å². The third kappa shape index (κ3) is 7.49. The minimum absolute atomic E-state index is 0.636. The Morgan fingerprint density at radius 2 is 1.90 bits per heavy atom. The molecule has 0 aliphatic rings. The van der Waals surface area contributed by atoms with Crippen molar-refractivity contribution in [3.8, 4) is 5.75 Å². The maximum Gasteiger partial charge on any atom is 0.124 e. The van der Waals surface area contributed by atoms with Crippen molar-refractivity contribution in [1.29, 1.82) is 0 Å². The summed E-state index contributed by atoms with van der Waals surface area (Å²) in [6.45, 7) is 7.83. The normalized spacial score (nSPS) is 10.8. The summed E-state index contributed by atoms with van der Waals surface area (Å²) in [5.41, 5.74) is 2.43. The third-order valence-electron chi connectivity index (χ3n) is 3.50. The van der Waals surface area contributed by atoms with Gasteiger partial charge >= 0.3 is 0 Å². The van der Waals surface area contributed by atoms with Crippen molar-refractivity contribution in [2.45, 2.75) is 59.1 Å². The quantitative estimate of drug-likeness (QED) is 0.583. The lowest BCUT2D eigenvalue weighted by atomic mass is 10.1. The number of unbranched alkanes of at least 4 members (excludes halogenated alkanes) is 3. The van der Waals surface area contributed by atoms with Gasteiger partial charge in [-0.05, 0) is 37.1 Å². The fraction of sp³-hybridized carbons (Fsp3) is 0.667. The predicted molar refractivity (Wildman–Crippen MR) is 88.8 cm³/mol. The molecule has 0 fully saturated rings. The number of rotatable bonds is 12. The maximum absolute atomic E-state index is 5.79. The molecule has 0 aromatic heterocycles. The van der Waals surface area contributed by atoms with Crippen LogP contribution in [-0.4, -0.2) is 20.3 Å². The van der Waals surface area contributed by atoms with Gasteiger partial charge in [0, 0.05) is 18.7 Å². The van der Waals surface area contributed by atoms with E-state index in [1.165, 1.54) is 24.8 Å². The molecule has 0 aliphatic heterocycles. The molecule has 0 saturated heterocycles. The van der Waals surface area contributed by atoms with Gasteiger partial charge < -0.3 is 14.8 Å². The monoisotopic (exact) mass is 293 g/mol. The molecule has 3 heteroatoms. The average molecular weight is 293 g/mol. The van der Waals surface area contributed by atoms with Gasteiger partial charge in [-0.25, -0.2) is 0 Å². The summed E-state index contributed by atoms with van der Waals surface area (Å²) in [7, 11) is 1.72. The van der Waals surface area contributed by atoms with Crippen molar-refractivity contribution < 1.29 is 9.47 Å². The van der Waals surface area contributed by atoms with Gasteiger partial charge in [0.1, 0.15) is 5.75 Å². The Labute approximate surface area is 130 Å². The lowest BCUT2D eigenvalue weighted by molar-refractivity contribution is 0.115. The summed E-state index contributed by atoms with van der Waals surface area (Å²) in [5, 5.41) is 3.42. The fourth-order valence-corrected chi connectivity index (χ4v) is 2.28. The molecule has 1 aromatic rings. The molecule has 1 rings (SSSR count). The predicted octanol–water partition coefficient (Wildman–Crippen LogP) is 4.29. The maximum atomic E-state index is 5.79. The smallest absolute Gasteiger partial charge is 0.124 e. The van der Waals surface area contributed by atoms with E-state index in [1.807, 2.05) is 6.07 Å². The average Bonchev–Trinajstić information content (AvgIpc) is 2.51. The van der Waals surface area contributed by atoms with Crippen LogP contribution in [0.1, 0.15) is 57.1 Å². The van der Waals surface area contributed by atoms with E-state index in [9.17, 15) is 0 Å². The minimum atomic E-state index is 0.636. The zero-order valence-electron chi connectivity index (χ0n) is 13.9. The van der Waals surface area contributed by atoms with Crippen LogP contribution in [0.4, 0.5) is 0 Å². The molecule has 21 heavy (non-hydrogen) atoms. The van der Waals surface area contributed by atoms with Crippen LogP contribution >= 0.6 is 0 Å². The van der Waals surface area contributed by atoms with Crippen molar-refractivity contribution in [3.63, 3.8) is 0 Å². The fourth-order valence-electron chi connectivity index (χ4n) is 2.28. The van der Waals surface area contributed by atoms with Gasteiger partial charge in [0.15, 0.2) is 0 Å². The first-order valence-corrected chi connectivity index (χ1v) is 8.26. The summed E-state index contributed by atoms with van der Waals surface area (Å²) in [6.07, 6.45) is 6.12. The molecule has 3 nitrogen and oxygen atoms in total. The molecular weight excluding hydrogens is 262 g/mol. The molecule has 0 atom stereocenters. The summed E-state index contributed by atoms with van der Waals surface area (Å²) >= 11 is 0. The Hall–Kier alpha value is -1.06. The largest absolute Gasteiger partial charge is 0.496 e. The number of nitrogens with one attached hydrogen (secondary N) is 1. The highest BCUT2D eigenvalue weighted by Crippen LogP contribution is 2.21. The van der Waals surface area contributed by atoms with Crippen LogP contribution in [0.5, 0.6) is 5.75 Å². The SMILES string of the molecule is CCCCCCOCc1cc(CNCCC)ccc1OC. The molecule has 0 heterocycles. The first-order chi connectivity index (χ1) is 10.3. The van der Waals surface area contributed by atoms with Crippen LogP contribution in [0.3, 0.4) is 0 Å². The van der Waals surface area contributed by atoms with Gasteiger partial charge in [0.05, 0.1) is 13.7 Å². The zero-order chi connectivity index (χ0) is 15.3. The highest BCUT2D eigenvalue weighted by molar-refractivity contribution is 5.36. The van der Waals surface area contributed by atoms with Crippen molar-refractivity contribution in [1.82, 2.24) is 5.32 Å². The summed E-state index contributed by atoms with van der Waals surface area (Å²) in [4.78, 5) is 0. The van der Waals surface area contributed by atoms with E-state index in [4.69, 9.17) is 9.47 Å². The molecule has 0 bridgehead atoms. The Bertz CT molecular complexity index is 379. The lowest BCUT2D eigenvalue weighted by Gasteiger charge is -2.12. The molecule has 0 spiro atoms. The Morgan fingerprint density at radius 3 is 2.62 bits per heavy atom. The van der Waals surface area contributed by atoms with Crippen LogP contribution < -0.4 is 10.1 Å². The molecule has 0 unspecified atom stereocenters. The third-order valence-corrected chi connectivity index (χ3v) is 3.50. The molecule has 0 aliphatic carbocycles. The molecule has 1 aromatic carbocycles. The van der Waals surface area contributed by atoms with Gasteiger partial charge in [-0.1, -0.05) is 39.2 Å². The van der Waals surface area contributed by atoms with Gasteiger partial charge in [-0.2, -0.15) is 0 Å². The molecule has 0 saturated carbocycles. The van der Waals surface area contributed by atoms with E-state index in [1.54, 1.807) is 7.11 Å². The highest BCUT2D eigenvalue weighted by atomic mass is 16.5. The lowest BCUT2D eigenvalue weighted by Crippen LogP contribution is -2.14. The molecule has 0 radical (unpaired) electrons. The van der Waals surface area contributed by atoms with Crippen LogP contribution in [0.15, 0.2) is 18.2 Å². The zero-order valence-corrected chi connectivity index (χ0v) is 13.9. The minimum Gasteiger partial charge on any atom is -0.496 e. The summed E-state index contributed by atoms with van der Waals surface area (Å²) < 4.78 is 11.2.